The molecule has 0 fully saturated rings. The van der Waals surface area contributed by atoms with Crippen molar-refractivity contribution in [3.8, 4) is 5.75 Å². The highest BCUT2D eigenvalue weighted by atomic mass is 32.2. The fourth-order valence-corrected chi connectivity index (χ4v) is 4.93. The maximum atomic E-state index is 11.7. The predicted octanol–water partition coefficient (Wildman–Crippen LogP) is 5.35. The van der Waals surface area contributed by atoms with Gasteiger partial charge in [0.05, 0.1) is 19.1 Å². The van der Waals surface area contributed by atoms with Gasteiger partial charge in [-0.1, -0.05) is 54.7 Å². The van der Waals surface area contributed by atoms with Crippen LogP contribution in [0.15, 0.2) is 97.2 Å². The Kier molecular flexibility index (Phi) is 5.93. The molecule has 0 aliphatic carbocycles. The summed E-state index contributed by atoms with van der Waals surface area (Å²) in [4.78, 5) is 0. The molecule has 0 spiro atoms. The number of hydrogen-bond donors (Lipinski definition) is 2. The zero-order valence-corrected chi connectivity index (χ0v) is 17.7. The van der Waals surface area contributed by atoms with Gasteiger partial charge in [0.15, 0.2) is 0 Å². The zero-order valence-electron chi connectivity index (χ0n) is 16.9. The number of nitrogens with zero attached hydrogens (tertiary/aromatic N) is 1. The zero-order chi connectivity index (χ0) is 21.0. The van der Waals surface area contributed by atoms with Gasteiger partial charge in [-0.2, -0.15) is 4.58 Å². The fourth-order valence-electron chi connectivity index (χ4n) is 3.61. The number of para-hydroxylation sites is 1. The Labute approximate surface area is 181 Å². The van der Waals surface area contributed by atoms with Crippen LogP contribution in [0.25, 0.3) is 0 Å². The Morgan fingerprint density at radius 2 is 1.67 bits per heavy atom. The van der Waals surface area contributed by atoms with Gasteiger partial charge in [-0.3, -0.25) is 0 Å². The second kappa shape index (κ2) is 8.78. The lowest BCUT2D eigenvalue weighted by molar-refractivity contribution is -0.593. The van der Waals surface area contributed by atoms with Gasteiger partial charge in [0, 0.05) is 23.5 Å². The molecule has 152 valence electrons. The first-order valence-electron chi connectivity index (χ1n) is 9.81. The summed E-state index contributed by atoms with van der Waals surface area (Å²) in [6.45, 7) is 4.22. The molecule has 5 heteroatoms. The highest BCUT2D eigenvalue weighted by molar-refractivity contribution is 8.13. The second-order valence-corrected chi connectivity index (χ2v) is 8.22. The first kappa shape index (κ1) is 20.3. The van der Waals surface area contributed by atoms with E-state index in [0.717, 1.165) is 33.4 Å². The third-order valence-electron chi connectivity index (χ3n) is 5.09. The van der Waals surface area contributed by atoms with Crippen molar-refractivity contribution in [1.82, 2.24) is 0 Å². The van der Waals surface area contributed by atoms with E-state index in [0.29, 0.717) is 12.2 Å². The number of hydrogen-bond acceptors (Lipinski definition) is 4. The number of methoxy groups -OCH3 is 1. The van der Waals surface area contributed by atoms with Crippen LogP contribution in [-0.4, -0.2) is 27.6 Å². The second-order valence-electron chi connectivity index (χ2n) is 7.17. The Balaban J connectivity index is 1.64. The Morgan fingerprint density at radius 1 is 1.03 bits per heavy atom. The van der Waals surface area contributed by atoms with Crippen LogP contribution < -0.4 is 10.1 Å². The van der Waals surface area contributed by atoms with Crippen molar-refractivity contribution in [2.24, 2.45) is 0 Å². The minimum atomic E-state index is -1.11. The monoisotopic (exact) mass is 417 g/mol. The van der Waals surface area contributed by atoms with E-state index < -0.39 is 5.72 Å². The number of nitrogens with one attached hydrogen (secondary N) is 1. The molecule has 0 aromatic heterocycles. The fraction of sp³-hybridized carbons (Fsp3) is 0.160. The summed E-state index contributed by atoms with van der Waals surface area (Å²) < 4.78 is 7.25. The van der Waals surface area contributed by atoms with Crippen molar-refractivity contribution in [2.75, 3.05) is 18.2 Å². The molecule has 0 unspecified atom stereocenters. The first-order valence-corrected chi connectivity index (χ1v) is 10.8. The van der Waals surface area contributed by atoms with Gasteiger partial charge in [0.1, 0.15) is 11.5 Å². The number of aliphatic hydroxyl groups is 1. The van der Waals surface area contributed by atoms with Gasteiger partial charge in [-0.25, -0.2) is 0 Å². The van der Waals surface area contributed by atoms with Gasteiger partial charge >= 0.3 is 5.72 Å². The normalized spacial score (nSPS) is 18.3. The molecule has 0 saturated carbocycles. The Morgan fingerprint density at radius 3 is 2.30 bits per heavy atom. The summed E-state index contributed by atoms with van der Waals surface area (Å²) in [5.74, 6) is 1.37. The van der Waals surface area contributed by atoms with Crippen LogP contribution in [0.2, 0.25) is 0 Å². The van der Waals surface area contributed by atoms with Gasteiger partial charge in [0.2, 0.25) is 10.7 Å². The number of allylic oxidation sites excluding steroid dienone is 1. The highest BCUT2D eigenvalue weighted by Gasteiger charge is 2.50. The summed E-state index contributed by atoms with van der Waals surface area (Å²) in [6, 6.07) is 27.6. The molecule has 0 radical (unpaired) electrons. The van der Waals surface area contributed by atoms with Gasteiger partial charge in [-0.05, 0) is 36.4 Å². The number of benzene rings is 3. The van der Waals surface area contributed by atoms with Crippen LogP contribution in [0.1, 0.15) is 12.0 Å². The third-order valence-corrected chi connectivity index (χ3v) is 6.29. The molecule has 2 N–H and O–H groups in total. The van der Waals surface area contributed by atoms with Gasteiger partial charge in [-0.15, -0.1) is 0 Å². The molecule has 1 atom stereocenters. The van der Waals surface area contributed by atoms with E-state index in [1.54, 1.807) is 18.9 Å². The minimum Gasteiger partial charge on any atom is -0.497 e. The molecular weight excluding hydrogens is 392 g/mol. The lowest BCUT2D eigenvalue weighted by Gasteiger charge is -2.20. The highest BCUT2D eigenvalue weighted by Crippen LogP contribution is 2.40. The van der Waals surface area contributed by atoms with Crippen LogP contribution in [0.4, 0.5) is 11.4 Å². The average Bonchev–Trinajstić information content (AvgIpc) is 3.12. The van der Waals surface area contributed by atoms with Crippen LogP contribution in [0, 0.1) is 0 Å². The van der Waals surface area contributed by atoms with E-state index in [1.165, 1.54) is 0 Å². The Bertz CT molecular complexity index is 1050. The van der Waals surface area contributed by atoms with Crippen molar-refractivity contribution in [3.63, 3.8) is 0 Å². The van der Waals surface area contributed by atoms with Gasteiger partial charge < -0.3 is 15.2 Å². The van der Waals surface area contributed by atoms with Crippen molar-refractivity contribution >= 4 is 28.2 Å². The summed E-state index contributed by atoms with van der Waals surface area (Å²) in [6.07, 6.45) is 0.612. The summed E-state index contributed by atoms with van der Waals surface area (Å²) in [5, 5.41) is 16.1. The van der Waals surface area contributed by atoms with E-state index >= 15 is 0 Å². The molecule has 3 aromatic rings. The Hall–Kier alpha value is -3.02. The lowest BCUT2D eigenvalue weighted by atomic mass is 10.0. The number of rotatable bonds is 7. The first-order chi connectivity index (χ1) is 14.6. The number of ether oxygens (including phenoxy) is 1. The topological polar surface area (TPSA) is 44.5 Å². The van der Waals surface area contributed by atoms with E-state index in [9.17, 15) is 5.11 Å². The predicted molar refractivity (Wildman–Crippen MR) is 125 cm³/mol. The molecule has 0 amide bonds. The van der Waals surface area contributed by atoms with E-state index in [2.05, 4.69) is 11.9 Å². The van der Waals surface area contributed by atoms with E-state index in [4.69, 9.17) is 4.74 Å². The lowest BCUT2D eigenvalue weighted by Crippen LogP contribution is -2.37. The van der Waals surface area contributed by atoms with Crippen LogP contribution in [0.5, 0.6) is 5.75 Å². The number of anilines is 1. The summed E-state index contributed by atoms with van der Waals surface area (Å²) >= 11 is 1.66. The van der Waals surface area contributed by atoms with Crippen molar-refractivity contribution < 1.29 is 14.4 Å². The third kappa shape index (κ3) is 4.13. The molecule has 4 rings (SSSR count). The van der Waals surface area contributed by atoms with Crippen molar-refractivity contribution in [3.05, 3.63) is 103 Å². The maximum Gasteiger partial charge on any atom is 0.307 e. The molecule has 4 nitrogen and oxygen atoms in total. The van der Waals surface area contributed by atoms with Crippen LogP contribution >= 0.6 is 11.8 Å². The molecule has 0 saturated heterocycles. The summed E-state index contributed by atoms with van der Waals surface area (Å²) in [7, 11) is 1.65. The van der Waals surface area contributed by atoms with Crippen molar-refractivity contribution in [1.29, 1.82) is 0 Å². The SMILES string of the molecule is C=C(CC1=[N+](c2ccccc2)[C@@](O)(c2ccccc2)CS1)Nc1ccc(OC)cc1. The quantitative estimate of drug-likeness (QED) is 0.509. The molecule has 0 bridgehead atoms. The van der Waals surface area contributed by atoms with Gasteiger partial charge in [0.25, 0.3) is 0 Å². The molecule has 30 heavy (non-hydrogen) atoms. The standard InChI is InChI=1S/C25H25N2O2S/c1-19(26-21-13-15-23(29-2)16-14-21)17-24-27(22-11-7-4-8-12-22)25(28,18-30-24)20-9-5-3-6-10-20/h3-16,26,28H,1,17-18H2,2H3/q+1/t25-/m0/s1. The molecule has 3 aromatic carbocycles. The minimum absolute atomic E-state index is 0.553. The smallest absolute Gasteiger partial charge is 0.307 e. The van der Waals surface area contributed by atoms with E-state index in [1.807, 2.05) is 89.5 Å². The van der Waals surface area contributed by atoms with Crippen LogP contribution in [-0.2, 0) is 5.72 Å². The molecular formula is C25H25N2O2S+. The average molecular weight is 418 g/mol. The van der Waals surface area contributed by atoms with Crippen LogP contribution in [0.3, 0.4) is 0 Å². The molecule has 1 heterocycles. The largest absolute Gasteiger partial charge is 0.497 e. The summed E-state index contributed by atoms with van der Waals surface area (Å²) in [5.41, 5.74) is 2.55. The molecule has 1 aliphatic rings. The molecule has 1 aliphatic heterocycles. The number of thioether (sulfide) groups is 1. The van der Waals surface area contributed by atoms with E-state index in [-0.39, 0.29) is 0 Å². The van der Waals surface area contributed by atoms with Crippen molar-refractivity contribution in [2.45, 2.75) is 12.1 Å². The maximum absolute atomic E-state index is 11.7.